The van der Waals surface area contributed by atoms with E-state index in [0.29, 0.717) is 16.9 Å². The number of ether oxygens (including phenoxy) is 1. The zero-order valence-electron chi connectivity index (χ0n) is 19.2. The highest BCUT2D eigenvalue weighted by molar-refractivity contribution is 7.15. The third-order valence-electron chi connectivity index (χ3n) is 6.01. The quantitative estimate of drug-likeness (QED) is 0.403. The fourth-order valence-corrected chi connectivity index (χ4v) is 5.86. The van der Waals surface area contributed by atoms with Gasteiger partial charge in [0.1, 0.15) is 10.8 Å². The van der Waals surface area contributed by atoms with Crippen molar-refractivity contribution in [1.82, 2.24) is 9.99 Å². The summed E-state index contributed by atoms with van der Waals surface area (Å²) in [7, 11) is 1.53. The summed E-state index contributed by atoms with van der Waals surface area (Å²) in [6, 6.07) is 7.29. The van der Waals surface area contributed by atoms with Gasteiger partial charge in [-0.15, -0.1) is 11.3 Å². The van der Waals surface area contributed by atoms with E-state index in [-0.39, 0.29) is 5.91 Å². The van der Waals surface area contributed by atoms with Crippen LogP contribution in [0, 0.1) is 20.8 Å². The molecule has 0 atom stereocenters. The molecular weight excluding hydrogens is 438 g/mol. The van der Waals surface area contributed by atoms with Crippen molar-refractivity contribution in [3.8, 4) is 10.8 Å². The third kappa shape index (κ3) is 4.30. The minimum absolute atomic E-state index is 0.365. The van der Waals surface area contributed by atoms with Gasteiger partial charge in [0, 0.05) is 21.8 Å². The lowest BCUT2D eigenvalue weighted by molar-refractivity contribution is 0.0695. The summed E-state index contributed by atoms with van der Waals surface area (Å²) >= 11 is 1.57. The predicted octanol–water partition coefficient (Wildman–Crippen LogP) is 4.81. The number of aromatic carboxylic acids is 1. The summed E-state index contributed by atoms with van der Waals surface area (Å²) in [6.07, 6.45) is 5.46. The number of carboxylic acids is 1. The standard InChI is InChI=1S/C25H27N3O4S/c1-14-9-10-18(20(11-14)32-4)23(29)27-26-13-17-12-15(2)28(16(17)3)24-22(25(30)31)19-7-5-6-8-21(19)33-24/h9-13H,5-8H2,1-4H3,(H,27,29)(H,30,31)/b26-13-. The molecule has 0 saturated carbocycles. The number of thiophene rings is 1. The van der Waals surface area contributed by atoms with Crippen LogP contribution in [0.4, 0.5) is 0 Å². The lowest BCUT2D eigenvalue weighted by Crippen LogP contribution is -2.18. The van der Waals surface area contributed by atoms with Crippen molar-refractivity contribution in [2.75, 3.05) is 7.11 Å². The average Bonchev–Trinajstić information content (AvgIpc) is 3.29. The first kappa shape index (κ1) is 22.8. The zero-order valence-corrected chi connectivity index (χ0v) is 20.0. The highest BCUT2D eigenvalue weighted by Crippen LogP contribution is 2.38. The van der Waals surface area contributed by atoms with E-state index in [4.69, 9.17) is 4.74 Å². The Morgan fingerprint density at radius 2 is 1.94 bits per heavy atom. The lowest BCUT2D eigenvalue weighted by Gasteiger charge is -2.11. The molecule has 0 fully saturated rings. The molecule has 33 heavy (non-hydrogen) atoms. The van der Waals surface area contributed by atoms with Gasteiger partial charge in [0.2, 0.25) is 0 Å². The van der Waals surface area contributed by atoms with Crippen LogP contribution in [-0.4, -0.2) is 34.9 Å². The minimum Gasteiger partial charge on any atom is -0.496 e. The van der Waals surface area contributed by atoms with Gasteiger partial charge in [0.05, 0.1) is 24.5 Å². The largest absolute Gasteiger partial charge is 0.496 e. The smallest absolute Gasteiger partial charge is 0.339 e. The van der Waals surface area contributed by atoms with Gasteiger partial charge in [-0.2, -0.15) is 5.10 Å². The maximum atomic E-state index is 12.6. The highest BCUT2D eigenvalue weighted by atomic mass is 32.1. The van der Waals surface area contributed by atoms with E-state index in [1.165, 1.54) is 12.0 Å². The van der Waals surface area contributed by atoms with E-state index < -0.39 is 5.97 Å². The zero-order chi connectivity index (χ0) is 23.7. The molecule has 1 aliphatic rings. The third-order valence-corrected chi connectivity index (χ3v) is 7.29. The van der Waals surface area contributed by atoms with E-state index in [2.05, 4.69) is 10.5 Å². The van der Waals surface area contributed by atoms with Gasteiger partial charge in [-0.1, -0.05) is 6.07 Å². The SMILES string of the molecule is COc1cc(C)ccc1C(=O)N/N=C\c1cc(C)n(-c2sc3c(c2C(=O)O)CCCC3)c1C. The summed E-state index contributed by atoms with van der Waals surface area (Å²) in [5.74, 6) is -0.758. The fourth-order valence-electron chi connectivity index (χ4n) is 4.37. The van der Waals surface area contributed by atoms with Gasteiger partial charge >= 0.3 is 5.97 Å². The number of carbonyl (C=O) groups is 2. The Balaban J connectivity index is 1.62. The van der Waals surface area contributed by atoms with Crippen LogP contribution in [0.15, 0.2) is 29.4 Å². The molecule has 1 aromatic carbocycles. The molecule has 4 rings (SSSR count). The molecule has 2 N–H and O–H groups in total. The summed E-state index contributed by atoms with van der Waals surface area (Å²) in [4.78, 5) is 25.9. The predicted molar refractivity (Wildman–Crippen MR) is 130 cm³/mol. The van der Waals surface area contributed by atoms with E-state index in [0.717, 1.165) is 58.8 Å². The van der Waals surface area contributed by atoms with Gasteiger partial charge in [0.15, 0.2) is 0 Å². The first-order valence-electron chi connectivity index (χ1n) is 10.9. The number of aryl methyl sites for hydroxylation is 3. The number of hydrazone groups is 1. The molecule has 0 radical (unpaired) electrons. The van der Waals surface area contributed by atoms with Crippen molar-refractivity contribution in [1.29, 1.82) is 0 Å². The van der Waals surface area contributed by atoms with Crippen LogP contribution >= 0.6 is 11.3 Å². The monoisotopic (exact) mass is 465 g/mol. The van der Waals surface area contributed by atoms with Crippen molar-refractivity contribution >= 4 is 29.4 Å². The van der Waals surface area contributed by atoms with Gasteiger partial charge in [-0.05, 0) is 75.8 Å². The first-order chi connectivity index (χ1) is 15.8. The Kier molecular flexibility index (Phi) is 6.37. The molecule has 3 aromatic rings. The van der Waals surface area contributed by atoms with Crippen molar-refractivity contribution in [3.63, 3.8) is 0 Å². The number of carboxylic acid groups (broad SMARTS) is 1. The van der Waals surface area contributed by atoms with Crippen LogP contribution in [0.1, 0.15) is 66.5 Å². The molecule has 0 unspecified atom stereocenters. The Morgan fingerprint density at radius 1 is 1.18 bits per heavy atom. The number of rotatable bonds is 6. The van der Waals surface area contributed by atoms with E-state index in [9.17, 15) is 14.7 Å². The van der Waals surface area contributed by atoms with Crippen LogP contribution in [0.5, 0.6) is 5.75 Å². The Labute approximate surface area is 196 Å². The number of amides is 1. The number of hydrogen-bond donors (Lipinski definition) is 2. The molecule has 172 valence electrons. The molecule has 1 aliphatic carbocycles. The second-order valence-corrected chi connectivity index (χ2v) is 9.34. The van der Waals surface area contributed by atoms with Gasteiger partial charge in [0.25, 0.3) is 5.91 Å². The number of nitrogens with one attached hydrogen (secondary N) is 1. The molecule has 0 aliphatic heterocycles. The molecule has 8 heteroatoms. The molecule has 7 nitrogen and oxygen atoms in total. The van der Waals surface area contributed by atoms with E-state index in [1.54, 1.807) is 29.7 Å². The molecule has 0 spiro atoms. The summed E-state index contributed by atoms with van der Waals surface area (Å²) in [5, 5.41) is 14.8. The number of nitrogens with zero attached hydrogens (tertiary/aromatic N) is 2. The second-order valence-electron chi connectivity index (χ2n) is 8.26. The Hall–Kier alpha value is -3.39. The van der Waals surface area contributed by atoms with Crippen molar-refractivity contribution < 1.29 is 19.4 Å². The molecule has 2 aromatic heterocycles. The number of carbonyl (C=O) groups excluding carboxylic acids is 1. The Bertz CT molecular complexity index is 1270. The lowest BCUT2D eigenvalue weighted by atomic mass is 9.95. The number of aromatic nitrogens is 1. The summed E-state index contributed by atoms with van der Waals surface area (Å²) in [6.45, 7) is 5.81. The van der Waals surface area contributed by atoms with Crippen LogP contribution in [0.25, 0.3) is 5.00 Å². The van der Waals surface area contributed by atoms with Crippen LogP contribution in [0.2, 0.25) is 0 Å². The van der Waals surface area contributed by atoms with Gasteiger partial charge < -0.3 is 14.4 Å². The summed E-state index contributed by atoms with van der Waals surface area (Å²) < 4.78 is 7.29. The maximum Gasteiger partial charge on any atom is 0.339 e. The van der Waals surface area contributed by atoms with Gasteiger partial charge in [-0.3, -0.25) is 4.79 Å². The van der Waals surface area contributed by atoms with Crippen LogP contribution in [-0.2, 0) is 12.8 Å². The maximum absolute atomic E-state index is 12.6. The van der Waals surface area contributed by atoms with Crippen molar-refractivity contribution in [2.24, 2.45) is 5.10 Å². The molecule has 0 saturated heterocycles. The normalized spacial score (nSPS) is 13.2. The van der Waals surface area contributed by atoms with E-state index in [1.807, 2.05) is 37.5 Å². The second kappa shape index (κ2) is 9.23. The van der Waals surface area contributed by atoms with Gasteiger partial charge in [-0.25, -0.2) is 10.2 Å². The molecule has 2 heterocycles. The van der Waals surface area contributed by atoms with E-state index >= 15 is 0 Å². The van der Waals surface area contributed by atoms with Crippen molar-refractivity contribution in [3.05, 3.63) is 68.3 Å². The molecule has 0 bridgehead atoms. The minimum atomic E-state index is -0.883. The summed E-state index contributed by atoms with van der Waals surface area (Å²) in [5.41, 5.74) is 7.96. The average molecular weight is 466 g/mol. The molecular formula is C25H27N3O4S. The first-order valence-corrected chi connectivity index (χ1v) is 11.7. The number of benzene rings is 1. The van der Waals surface area contributed by atoms with Crippen molar-refractivity contribution in [2.45, 2.75) is 46.5 Å². The number of hydrogen-bond acceptors (Lipinski definition) is 5. The number of methoxy groups -OCH3 is 1. The van der Waals surface area contributed by atoms with Crippen LogP contribution < -0.4 is 10.2 Å². The van der Waals surface area contributed by atoms with Crippen LogP contribution in [0.3, 0.4) is 0 Å². The number of fused-ring (bicyclic) bond motifs is 1. The topological polar surface area (TPSA) is 92.9 Å². The Morgan fingerprint density at radius 3 is 2.67 bits per heavy atom. The molecule has 1 amide bonds. The fraction of sp³-hybridized carbons (Fsp3) is 0.320. The highest BCUT2D eigenvalue weighted by Gasteiger charge is 2.27.